The molecule has 1 aliphatic heterocycles. The molecule has 0 aliphatic carbocycles. The Labute approximate surface area is 114 Å². The summed E-state index contributed by atoms with van der Waals surface area (Å²) in [6.45, 7) is 1.30. The summed E-state index contributed by atoms with van der Waals surface area (Å²) in [6.07, 6.45) is 3.41. The fourth-order valence-electron chi connectivity index (χ4n) is 2.06. The van der Waals surface area contributed by atoms with Gasteiger partial charge in [-0.1, -0.05) is 0 Å². The monoisotopic (exact) mass is 288 g/mol. The van der Waals surface area contributed by atoms with Crippen LogP contribution >= 0.6 is 0 Å². The lowest BCUT2D eigenvalue weighted by atomic mass is 10.2. The van der Waals surface area contributed by atoms with Crippen molar-refractivity contribution >= 4 is 10.2 Å². The van der Waals surface area contributed by atoms with Crippen LogP contribution in [0.3, 0.4) is 0 Å². The number of rotatable bonds is 6. The Bertz CT molecular complexity index is 478. The lowest BCUT2D eigenvalue weighted by molar-refractivity contribution is 0.0902. The van der Waals surface area contributed by atoms with E-state index in [9.17, 15) is 8.42 Å². The Morgan fingerprint density at radius 3 is 2.74 bits per heavy atom. The highest BCUT2D eigenvalue weighted by Crippen LogP contribution is 2.18. The van der Waals surface area contributed by atoms with Gasteiger partial charge in [0.2, 0.25) is 0 Å². The van der Waals surface area contributed by atoms with Gasteiger partial charge in [0.15, 0.2) is 0 Å². The molecule has 0 radical (unpaired) electrons. The maximum Gasteiger partial charge on any atom is 0.281 e. The van der Waals surface area contributed by atoms with Gasteiger partial charge in [0.25, 0.3) is 10.2 Å². The SMILES string of the molecule is CN(C)S(=O)(=O)N(Cc1ccco1)C[C@@H]1CCCO1. The zero-order valence-corrected chi connectivity index (χ0v) is 12.1. The summed E-state index contributed by atoms with van der Waals surface area (Å²) < 4.78 is 38.0. The van der Waals surface area contributed by atoms with E-state index in [0.717, 1.165) is 12.8 Å². The Hall–Kier alpha value is -0.890. The number of ether oxygens (including phenoxy) is 1. The molecule has 1 atom stereocenters. The molecule has 0 spiro atoms. The topological polar surface area (TPSA) is 63.0 Å². The summed E-state index contributed by atoms with van der Waals surface area (Å²) in [5.74, 6) is 0.628. The van der Waals surface area contributed by atoms with Crippen LogP contribution in [-0.2, 0) is 21.5 Å². The molecule has 1 aromatic heterocycles. The number of hydrogen-bond donors (Lipinski definition) is 0. The predicted octanol–water partition coefficient (Wildman–Crippen LogP) is 1.07. The quantitative estimate of drug-likeness (QED) is 0.785. The molecule has 0 unspecified atom stereocenters. The number of nitrogens with zero attached hydrogens (tertiary/aromatic N) is 2. The molecule has 0 saturated carbocycles. The van der Waals surface area contributed by atoms with Crippen LogP contribution in [0, 0.1) is 0 Å². The first-order valence-electron chi connectivity index (χ1n) is 6.31. The van der Waals surface area contributed by atoms with Crippen molar-refractivity contribution in [3.8, 4) is 0 Å². The summed E-state index contributed by atoms with van der Waals surface area (Å²) in [5, 5.41) is 0. The van der Waals surface area contributed by atoms with Crippen molar-refractivity contribution in [1.82, 2.24) is 8.61 Å². The van der Waals surface area contributed by atoms with Gasteiger partial charge in [-0.25, -0.2) is 0 Å². The Morgan fingerprint density at radius 1 is 1.42 bits per heavy atom. The van der Waals surface area contributed by atoms with Crippen molar-refractivity contribution in [2.75, 3.05) is 27.2 Å². The Kier molecular flexibility index (Phi) is 4.62. The highest BCUT2D eigenvalue weighted by atomic mass is 32.2. The van der Waals surface area contributed by atoms with Crippen LogP contribution in [0.1, 0.15) is 18.6 Å². The van der Waals surface area contributed by atoms with Crippen LogP contribution < -0.4 is 0 Å². The maximum absolute atomic E-state index is 12.3. The molecule has 1 fully saturated rings. The third-order valence-electron chi connectivity index (χ3n) is 3.13. The predicted molar refractivity (Wildman–Crippen MR) is 70.7 cm³/mol. The minimum absolute atomic E-state index is 0.0234. The second-order valence-corrected chi connectivity index (χ2v) is 6.94. The van der Waals surface area contributed by atoms with E-state index in [2.05, 4.69) is 0 Å². The van der Waals surface area contributed by atoms with Crippen molar-refractivity contribution < 1.29 is 17.6 Å². The average molecular weight is 288 g/mol. The lowest BCUT2D eigenvalue weighted by Gasteiger charge is -2.26. The van der Waals surface area contributed by atoms with Crippen molar-refractivity contribution in [3.63, 3.8) is 0 Å². The summed E-state index contributed by atoms with van der Waals surface area (Å²) in [4.78, 5) is 0. The third-order valence-corrected chi connectivity index (χ3v) is 4.98. The molecule has 2 rings (SSSR count). The zero-order valence-electron chi connectivity index (χ0n) is 11.3. The average Bonchev–Trinajstić information content (AvgIpc) is 3.00. The molecule has 6 nitrogen and oxygen atoms in total. The fraction of sp³-hybridized carbons (Fsp3) is 0.667. The van der Waals surface area contributed by atoms with Crippen molar-refractivity contribution in [2.45, 2.75) is 25.5 Å². The molecule has 0 amide bonds. The molecule has 7 heteroatoms. The molecule has 0 aromatic carbocycles. The standard InChI is InChI=1S/C12H20N2O4S/c1-13(2)19(15,16)14(9-11-5-3-7-17-11)10-12-6-4-8-18-12/h3,5,7,12H,4,6,8-10H2,1-2H3/t12-/m0/s1. The van der Waals surface area contributed by atoms with Crippen LogP contribution in [0.2, 0.25) is 0 Å². The Morgan fingerprint density at radius 2 is 2.21 bits per heavy atom. The van der Waals surface area contributed by atoms with Crippen LogP contribution in [0.4, 0.5) is 0 Å². The van der Waals surface area contributed by atoms with Crippen molar-refractivity contribution in [1.29, 1.82) is 0 Å². The van der Waals surface area contributed by atoms with E-state index >= 15 is 0 Å². The first-order chi connectivity index (χ1) is 9.00. The summed E-state index contributed by atoms with van der Waals surface area (Å²) in [5.41, 5.74) is 0. The first kappa shape index (κ1) is 14.5. The molecule has 108 valence electrons. The molecule has 0 N–H and O–H groups in total. The first-order valence-corrected chi connectivity index (χ1v) is 7.71. The Balaban J connectivity index is 2.12. The molecular formula is C12H20N2O4S. The van der Waals surface area contributed by atoms with E-state index in [-0.39, 0.29) is 12.6 Å². The van der Waals surface area contributed by atoms with E-state index in [4.69, 9.17) is 9.15 Å². The van der Waals surface area contributed by atoms with Gasteiger partial charge in [-0.3, -0.25) is 0 Å². The van der Waals surface area contributed by atoms with E-state index in [1.807, 2.05) is 0 Å². The van der Waals surface area contributed by atoms with Crippen LogP contribution in [-0.4, -0.2) is 50.4 Å². The van der Waals surface area contributed by atoms with Gasteiger partial charge in [-0.15, -0.1) is 0 Å². The minimum Gasteiger partial charge on any atom is -0.468 e. The summed E-state index contributed by atoms with van der Waals surface area (Å²) in [7, 11) is -0.420. The van der Waals surface area contributed by atoms with Gasteiger partial charge in [-0.2, -0.15) is 17.0 Å². The number of hydrogen-bond acceptors (Lipinski definition) is 4. The summed E-state index contributed by atoms with van der Waals surface area (Å²) in [6, 6.07) is 3.52. The van der Waals surface area contributed by atoms with Crippen molar-refractivity contribution in [2.24, 2.45) is 0 Å². The van der Waals surface area contributed by atoms with Gasteiger partial charge in [0, 0.05) is 27.2 Å². The molecule has 0 bridgehead atoms. The fourth-order valence-corrected chi connectivity index (χ4v) is 3.17. The summed E-state index contributed by atoms with van der Waals surface area (Å²) >= 11 is 0. The van der Waals surface area contributed by atoms with Gasteiger partial charge >= 0.3 is 0 Å². The molecule has 1 saturated heterocycles. The zero-order chi connectivity index (χ0) is 13.9. The van der Waals surface area contributed by atoms with Gasteiger partial charge in [0.05, 0.1) is 18.9 Å². The van der Waals surface area contributed by atoms with Crippen LogP contribution in [0.5, 0.6) is 0 Å². The van der Waals surface area contributed by atoms with Crippen molar-refractivity contribution in [3.05, 3.63) is 24.2 Å². The van der Waals surface area contributed by atoms with E-state index in [0.29, 0.717) is 18.9 Å². The van der Waals surface area contributed by atoms with E-state index < -0.39 is 10.2 Å². The highest BCUT2D eigenvalue weighted by molar-refractivity contribution is 7.86. The molecular weight excluding hydrogens is 268 g/mol. The number of furan rings is 1. The minimum atomic E-state index is -3.48. The van der Waals surface area contributed by atoms with Gasteiger partial charge in [-0.05, 0) is 25.0 Å². The smallest absolute Gasteiger partial charge is 0.281 e. The maximum atomic E-state index is 12.3. The largest absolute Gasteiger partial charge is 0.468 e. The van der Waals surface area contributed by atoms with Gasteiger partial charge in [0.1, 0.15) is 5.76 Å². The lowest BCUT2D eigenvalue weighted by Crippen LogP contribution is -2.43. The molecule has 19 heavy (non-hydrogen) atoms. The normalized spacial score (nSPS) is 20.5. The second kappa shape index (κ2) is 6.04. The molecule has 2 heterocycles. The van der Waals surface area contributed by atoms with Crippen LogP contribution in [0.15, 0.2) is 22.8 Å². The molecule has 1 aromatic rings. The highest BCUT2D eigenvalue weighted by Gasteiger charge is 2.29. The van der Waals surface area contributed by atoms with E-state index in [1.165, 1.54) is 22.7 Å². The van der Waals surface area contributed by atoms with Gasteiger partial charge < -0.3 is 9.15 Å². The van der Waals surface area contributed by atoms with E-state index in [1.54, 1.807) is 18.4 Å². The molecule has 1 aliphatic rings. The van der Waals surface area contributed by atoms with Crippen LogP contribution in [0.25, 0.3) is 0 Å². The third kappa shape index (κ3) is 3.56. The second-order valence-electron chi connectivity index (χ2n) is 4.80.